The highest BCUT2D eigenvalue weighted by molar-refractivity contribution is 7.20. The maximum absolute atomic E-state index is 13.1. The summed E-state index contributed by atoms with van der Waals surface area (Å²) < 4.78 is 20.3. The predicted octanol–water partition coefficient (Wildman–Crippen LogP) is 3.36. The lowest BCUT2D eigenvalue weighted by Gasteiger charge is -2.08. The second-order valence-corrected chi connectivity index (χ2v) is 7.67. The number of thiophene rings is 1. The third kappa shape index (κ3) is 3.50. The van der Waals surface area contributed by atoms with Gasteiger partial charge in [-0.3, -0.25) is 9.48 Å². The fraction of sp³-hybridized carbons (Fsp3) is 0.368. The number of amides is 1. The number of aromatic nitrogens is 2. The Hall–Kier alpha value is -2.25. The number of carbonyl (C=O) groups is 1. The van der Waals surface area contributed by atoms with Crippen molar-refractivity contribution in [2.45, 2.75) is 19.9 Å². The van der Waals surface area contributed by atoms with Crippen molar-refractivity contribution < 1.29 is 13.9 Å². The van der Waals surface area contributed by atoms with Gasteiger partial charge in [0.2, 0.25) is 0 Å². The number of carbonyl (C=O) groups excluding carboxylic acids is 1. The van der Waals surface area contributed by atoms with Crippen LogP contribution in [0.2, 0.25) is 0 Å². The van der Waals surface area contributed by atoms with Gasteiger partial charge in [-0.1, -0.05) is 12.1 Å². The van der Waals surface area contributed by atoms with Crippen molar-refractivity contribution in [3.05, 3.63) is 52.3 Å². The van der Waals surface area contributed by atoms with Crippen molar-refractivity contribution in [1.82, 2.24) is 15.1 Å². The number of fused-ring (bicyclic) bond motifs is 1. The quantitative estimate of drug-likeness (QED) is 0.746. The summed E-state index contributed by atoms with van der Waals surface area (Å²) in [6.07, 6.45) is 0.998. The maximum atomic E-state index is 13.1. The SMILES string of the molecule is Cc1nn(Cc2ccc(F)cc2)c2sc(C(=O)NCC3CCOC3)cc12. The molecule has 0 saturated carbocycles. The molecule has 1 amide bonds. The summed E-state index contributed by atoms with van der Waals surface area (Å²) in [5.74, 6) is 0.105. The summed E-state index contributed by atoms with van der Waals surface area (Å²) in [6, 6.07) is 8.31. The van der Waals surface area contributed by atoms with E-state index in [9.17, 15) is 9.18 Å². The largest absolute Gasteiger partial charge is 0.381 e. The number of nitrogens with one attached hydrogen (secondary N) is 1. The van der Waals surface area contributed by atoms with E-state index in [1.807, 2.05) is 17.7 Å². The molecule has 2 aromatic heterocycles. The number of halogens is 1. The molecule has 0 spiro atoms. The minimum absolute atomic E-state index is 0.0502. The monoisotopic (exact) mass is 373 g/mol. The molecule has 7 heteroatoms. The molecule has 1 unspecified atom stereocenters. The molecule has 1 aliphatic rings. The van der Waals surface area contributed by atoms with Crippen LogP contribution in [-0.2, 0) is 11.3 Å². The molecule has 3 heterocycles. The first kappa shape index (κ1) is 17.2. The molecule has 0 aliphatic carbocycles. The van der Waals surface area contributed by atoms with Gasteiger partial charge in [-0.25, -0.2) is 4.39 Å². The number of nitrogens with zero attached hydrogens (tertiary/aromatic N) is 2. The molecule has 5 nitrogen and oxygen atoms in total. The second-order valence-electron chi connectivity index (χ2n) is 6.64. The predicted molar refractivity (Wildman–Crippen MR) is 99.1 cm³/mol. The van der Waals surface area contributed by atoms with Gasteiger partial charge in [-0.15, -0.1) is 11.3 Å². The van der Waals surface area contributed by atoms with Crippen LogP contribution in [0.15, 0.2) is 30.3 Å². The topological polar surface area (TPSA) is 56.2 Å². The Bertz CT molecular complexity index is 926. The molecule has 1 saturated heterocycles. The number of hydrogen-bond acceptors (Lipinski definition) is 4. The molecule has 1 fully saturated rings. The molecule has 1 N–H and O–H groups in total. The van der Waals surface area contributed by atoms with Crippen molar-refractivity contribution in [3.8, 4) is 0 Å². The Balaban J connectivity index is 1.52. The first-order chi connectivity index (χ1) is 12.6. The fourth-order valence-corrected chi connectivity index (χ4v) is 4.24. The summed E-state index contributed by atoms with van der Waals surface area (Å²) in [6.45, 7) is 4.63. The van der Waals surface area contributed by atoms with Crippen molar-refractivity contribution >= 4 is 27.5 Å². The van der Waals surface area contributed by atoms with Crippen molar-refractivity contribution in [2.75, 3.05) is 19.8 Å². The van der Waals surface area contributed by atoms with E-state index in [1.54, 1.807) is 12.1 Å². The van der Waals surface area contributed by atoms with Crippen molar-refractivity contribution in [1.29, 1.82) is 0 Å². The molecular weight excluding hydrogens is 353 g/mol. The van der Waals surface area contributed by atoms with E-state index in [0.717, 1.165) is 41.1 Å². The van der Waals surface area contributed by atoms with Gasteiger partial charge in [-0.2, -0.15) is 5.10 Å². The van der Waals surface area contributed by atoms with Gasteiger partial charge in [0, 0.05) is 24.5 Å². The molecule has 26 heavy (non-hydrogen) atoms. The van der Waals surface area contributed by atoms with Gasteiger partial charge < -0.3 is 10.1 Å². The number of rotatable bonds is 5. The minimum Gasteiger partial charge on any atom is -0.381 e. The van der Waals surface area contributed by atoms with Gasteiger partial charge in [0.25, 0.3) is 5.91 Å². The average Bonchev–Trinajstić information content (AvgIpc) is 3.35. The third-order valence-electron chi connectivity index (χ3n) is 4.65. The van der Waals surface area contributed by atoms with Gasteiger partial charge in [-0.05, 0) is 37.1 Å². The molecule has 1 atom stereocenters. The van der Waals surface area contributed by atoms with Crippen LogP contribution in [0.1, 0.15) is 27.3 Å². The van der Waals surface area contributed by atoms with Gasteiger partial charge >= 0.3 is 0 Å². The smallest absolute Gasteiger partial charge is 0.261 e. The highest BCUT2D eigenvalue weighted by Crippen LogP contribution is 2.29. The average molecular weight is 373 g/mol. The molecule has 0 bridgehead atoms. The van der Waals surface area contributed by atoms with Crippen LogP contribution in [-0.4, -0.2) is 35.4 Å². The Morgan fingerprint density at radius 1 is 1.42 bits per heavy atom. The summed E-state index contributed by atoms with van der Waals surface area (Å²) in [4.78, 5) is 14.1. The van der Waals surface area contributed by atoms with E-state index in [0.29, 0.717) is 23.9 Å². The lowest BCUT2D eigenvalue weighted by Crippen LogP contribution is -2.28. The first-order valence-corrected chi connectivity index (χ1v) is 9.49. The minimum atomic E-state index is -0.252. The molecule has 3 aromatic rings. The number of hydrogen-bond donors (Lipinski definition) is 1. The standard InChI is InChI=1S/C19H20FN3O2S/c1-12-16-8-17(18(24)21-9-14-6-7-25-11-14)26-19(16)23(22-12)10-13-2-4-15(20)5-3-13/h2-5,8,14H,6-7,9-11H2,1H3,(H,21,24). The van der Waals surface area contributed by atoms with Crippen molar-refractivity contribution in [3.63, 3.8) is 0 Å². The first-order valence-electron chi connectivity index (χ1n) is 8.67. The molecule has 4 rings (SSSR count). The van der Waals surface area contributed by atoms with Crippen LogP contribution < -0.4 is 5.32 Å². The van der Waals surface area contributed by atoms with Gasteiger partial charge in [0.1, 0.15) is 10.6 Å². The Labute approximate surface area is 154 Å². The van der Waals surface area contributed by atoms with Gasteiger partial charge in [0.05, 0.1) is 23.7 Å². The number of ether oxygens (including phenoxy) is 1. The van der Waals surface area contributed by atoms with Crippen LogP contribution in [0.4, 0.5) is 4.39 Å². The lowest BCUT2D eigenvalue weighted by molar-refractivity contribution is 0.0949. The van der Waals surface area contributed by atoms with Crippen molar-refractivity contribution in [2.24, 2.45) is 5.92 Å². The summed E-state index contributed by atoms with van der Waals surface area (Å²) in [7, 11) is 0. The Morgan fingerprint density at radius 2 is 2.23 bits per heavy atom. The van der Waals surface area contributed by atoms with Crippen LogP contribution in [0.5, 0.6) is 0 Å². The number of aryl methyl sites for hydroxylation is 1. The van der Waals surface area contributed by atoms with Crippen LogP contribution in [0.3, 0.4) is 0 Å². The third-order valence-corrected chi connectivity index (χ3v) is 5.80. The maximum Gasteiger partial charge on any atom is 0.261 e. The van der Waals surface area contributed by atoms with Crippen LogP contribution in [0.25, 0.3) is 10.2 Å². The molecule has 136 valence electrons. The fourth-order valence-electron chi connectivity index (χ4n) is 3.16. The normalized spacial score (nSPS) is 17.1. The summed E-state index contributed by atoms with van der Waals surface area (Å²) in [5, 5.41) is 8.56. The van der Waals surface area contributed by atoms with E-state index in [-0.39, 0.29) is 11.7 Å². The van der Waals surface area contributed by atoms with E-state index < -0.39 is 0 Å². The number of benzene rings is 1. The zero-order valence-electron chi connectivity index (χ0n) is 14.5. The van der Waals surface area contributed by atoms with E-state index >= 15 is 0 Å². The van der Waals surface area contributed by atoms with E-state index in [1.165, 1.54) is 23.5 Å². The van der Waals surface area contributed by atoms with Crippen LogP contribution >= 0.6 is 11.3 Å². The van der Waals surface area contributed by atoms with Crippen LogP contribution in [0, 0.1) is 18.7 Å². The second kappa shape index (κ2) is 7.17. The highest BCUT2D eigenvalue weighted by Gasteiger charge is 2.19. The zero-order chi connectivity index (χ0) is 18.1. The molecule has 1 aliphatic heterocycles. The van der Waals surface area contributed by atoms with E-state index in [4.69, 9.17) is 4.74 Å². The molecular formula is C19H20FN3O2S. The van der Waals surface area contributed by atoms with E-state index in [2.05, 4.69) is 10.4 Å². The lowest BCUT2D eigenvalue weighted by atomic mass is 10.1. The molecule has 0 radical (unpaired) electrons. The zero-order valence-corrected chi connectivity index (χ0v) is 15.3. The Kier molecular flexibility index (Phi) is 4.74. The summed E-state index contributed by atoms with van der Waals surface area (Å²) >= 11 is 1.44. The Morgan fingerprint density at radius 3 is 2.96 bits per heavy atom. The summed E-state index contributed by atoms with van der Waals surface area (Å²) in [5.41, 5.74) is 1.86. The molecule has 1 aromatic carbocycles. The highest BCUT2D eigenvalue weighted by atomic mass is 32.1. The van der Waals surface area contributed by atoms with Gasteiger partial charge in [0.15, 0.2) is 0 Å².